The lowest BCUT2D eigenvalue weighted by Crippen LogP contribution is -2.45. The first-order valence-corrected chi connectivity index (χ1v) is 14.0. The highest BCUT2D eigenvalue weighted by atomic mass is 35.5. The summed E-state index contributed by atoms with van der Waals surface area (Å²) in [6.45, 7) is 10.3. The lowest BCUT2D eigenvalue weighted by atomic mass is 9.96. The van der Waals surface area contributed by atoms with Gasteiger partial charge in [-0.3, -0.25) is 0 Å². The summed E-state index contributed by atoms with van der Waals surface area (Å²) in [7, 11) is -0.231. The van der Waals surface area contributed by atoms with E-state index in [0.29, 0.717) is 22.8 Å². The van der Waals surface area contributed by atoms with Gasteiger partial charge in [0.2, 0.25) is 5.95 Å². The summed E-state index contributed by atoms with van der Waals surface area (Å²) in [6.07, 6.45) is 6.64. The van der Waals surface area contributed by atoms with Crippen LogP contribution in [0.3, 0.4) is 0 Å². The van der Waals surface area contributed by atoms with E-state index in [-0.39, 0.29) is 7.92 Å². The van der Waals surface area contributed by atoms with Crippen LogP contribution >= 0.6 is 19.5 Å². The smallest absolute Gasteiger partial charge is 0.224 e. The van der Waals surface area contributed by atoms with Crippen LogP contribution in [0.1, 0.15) is 25.7 Å². The Kier molecular flexibility index (Phi) is 8.00. The van der Waals surface area contributed by atoms with E-state index in [1.165, 1.54) is 37.7 Å². The van der Waals surface area contributed by atoms with Crippen molar-refractivity contribution in [3.63, 3.8) is 0 Å². The van der Waals surface area contributed by atoms with Gasteiger partial charge >= 0.3 is 0 Å². The first-order valence-electron chi connectivity index (χ1n) is 11.3. The Hall–Kier alpha value is -1.46. The van der Waals surface area contributed by atoms with Gasteiger partial charge in [0.15, 0.2) is 5.82 Å². The zero-order chi connectivity index (χ0) is 21.6. The van der Waals surface area contributed by atoms with Crippen molar-refractivity contribution in [1.29, 1.82) is 0 Å². The van der Waals surface area contributed by atoms with Crippen LogP contribution in [0.4, 0.5) is 17.5 Å². The molecular weight excluding hydrogens is 427 g/mol. The summed E-state index contributed by atoms with van der Waals surface area (Å²) in [4.78, 5) is 11.8. The Bertz CT molecular complexity index is 858. The molecule has 2 fully saturated rings. The number of aromatic nitrogens is 2. The first kappa shape index (κ1) is 22.7. The summed E-state index contributed by atoms with van der Waals surface area (Å²) < 4.78 is 0. The van der Waals surface area contributed by atoms with Gasteiger partial charge < -0.3 is 20.9 Å². The highest BCUT2D eigenvalue weighted by Gasteiger charge is 2.24. The fourth-order valence-corrected chi connectivity index (χ4v) is 5.71. The standard InChI is InChI=1S/C23H34ClN6P/c1-31(2)21-8-4-3-7-20(21)28-22-19(24)14-26-23(29-22)27-18-6-5-13-30(16-18)15-17-9-11-25-12-10-17/h3-4,7-8,14,17-18,25H,5-6,9-13,15-16H2,1-2H3,(H2,26,27,28,29)/t18-/m1/s1. The van der Waals surface area contributed by atoms with Crippen molar-refractivity contribution in [2.45, 2.75) is 31.7 Å². The second-order valence-electron chi connectivity index (χ2n) is 8.86. The third kappa shape index (κ3) is 6.29. The third-order valence-electron chi connectivity index (χ3n) is 6.20. The second kappa shape index (κ2) is 10.9. The van der Waals surface area contributed by atoms with Gasteiger partial charge in [-0.05, 0) is 75.9 Å². The number of benzene rings is 1. The van der Waals surface area contributed by atoms with Crippen molar-refractivity contribution in [3.05, 3.63) is 35.5 Å². The quantitative estimate of drug-likeness (QED) is 0.540. The fraction of sp³-hybridized carbons (Fsp3) is 0.565. The number of nitrogens with one attached hydrogen (secondary N) is 3. The van der Waals surface area contributed by atoms with Crippen molar-refractivity contribution in [2.75, 3.05) is 56.7 Å². The monoisotopic (exact) mass is 460 g/mol. The Morgan fingerprint density at radius 2 is 2.00 bits per heavy atom. The largest absolute Gasteiger partial charge is 0.350 e. The maximum absolute atomic E-state index is 6.43. The number of hydrogen-bond donors (Lipinski definition) is 3. The minimum atomic E-state index is -0.231. The number of para-hydroxylation sites is 1. The second-order valence-corrected chi connectivity index (χ2v) is 11.5. The number of hydrogen-bond acceptors (Lipinski definition) is 6. The zero-order valence-corrected chi connectivity index (χ0v) is 20.2. The molecule has 0 amide bonds. The molecule has 2 aliphatic rings. The lowest BCUT2D eigenvalue weighted by Gasteiger charge is -2.36. The van der Waals surface area contributed by atoms with Crippen molar-refractivity contribution < 1.29 is 0 Å². The summed E-state index contributed by atoms with van der Waals surface area (Å²) >= 11 is 6.43. The SMILES string of the molecule is CP(C)c1ccccc1Nc1nc(N[C@@H]2CCCN(CC3CCNCC3)C2)ncc1Cl. The van der Waals surface area contributed by atoms with Crippen molar-refractivity contribution in [3.8, 4) is 0 Å². The number of rotatable bonds is 7. The van der Waals surface area contributed by atoms with Crippen LogP contribution < -0.4 is 21.3 Å². The van der Waals surface area contributed by atoms with E-state index in [2.05, 4.69) is 57.4 Å². The molecule has 1 aromatic heterocycles. The Labute approximate surface area is 192 Å². The molecule has 0 spiro atoms. The average molecular weight is 461 g/mol. The average Bonchev–Trinajstić information content (AvgIpc) is 2.77. The minimum Gasteiger partial charge on any atom is -0.350 e. The van der Waals surface area contributed by atoms with Crippen molar-refractivity contribution in [2.24, 2.45) is 5.92 Å². The molecule has 0 bridgehead atoms. The van der Waals surface area contributed by atoms with Crippen LogP contribution in [0.25, 0.3) is 0 Å². The van der Waals surface area contributed by atoms with E-state index < -0.39 is 0 Å². The Morgan fingerprint density at radius 3 is 2.81 bits per heavy atom. The summed E-state index contributed by atoms with van der Waals surface area (Å²) in [6, 6.07) is 8.74. The van der Waals surface area contributed by atoms with Crippen LogP contribution in [-0.4, -0.2) is 67.0 Å². The molecule has 0 unspecified atom stereocenters. The molecule has 0 aliphatic carbocycles. The number of anilines is 3. The predicted molar refractivity (Wildman–Crippen MR) is 134 cm³/mol. The van der Waals surface area contributed by atoms with Gasteiger partial charge in [0.05, 0.1) is 6.20 Å². The molecular formula is C23H34ClN6P. The highest BCUT2D eigenvalue weighted by molar-refractivity contribution is 7.64. The molecule has 3 N–H and O–H groups in total. The molecule has 2 aromatic rings. The summed E-state index contributed by atoms with van der Waals surface area (Å²) in [5.41, 5.74) is 1.07. The lowest BCUT2D eigenvalue weighted by molar-refractivity contribution is 0.169. The van der Waals surface area contributed by atoms with Gasteiger partial charge in [0.1, 0.15) is 5.02 Å². The molecule has 4 rings (SSSR count). The van der Waals surface area contributed by atoms with Crippen molar-refractivity contribution in [1.82, 2.24) is 20.2 Å². The maximum atomic E-state index is 6.43. The van der Waals surface area contributed by atoms with Crippen LogP contribution in [0.2, 0.25) is 5.02 Å². The van der Waals surface area contributed by atoms with E-state index >= 15 is 0 Å². The van der Waals surface area contributed by atoms with E-state index in [0.717, 1.165) is 37.7 Å². The van der Waals surface area contributed by atoms with Gasteiger partial charge in [-0.25, -0.2) is 4.98 Å². The van der Waals surface area contributed by atoms with E-state index in [1.54, 1.807) is 6.20 Å². The number of piperidine rings is 2. The van der Waals surface area contributed by atoms with Crippen LogP contribution in [0.5, 0.6) is 0 Å². The van der Waals surface area contributed by atoms with E-state index in [4.69, 9.17) is 16.6 Å². The number of nitrogens with zero attached hydrogens (tertiary/aromatic N) is 3. The molecule has 0 radical (unpaired) electrons. The number of likely N-dealkylation sites (tertiary alicyclic amines) is 1. The molecule has 168 valence electrons. The topological polar surface area (TPSA) is 65.1 Å². The summed E-state index contributed by atoms with van der Waals surface area (Å²) in [5.74, 6) is 2.13. The molecule has 1 atom stereocenters. The van der Waals surface area contributed by atoms with Gasteiger partial charge in [-0.1, -0.05) is 37.7 Å². The molecule has 3 heterocycles. The minimum absolute atomic E-state index is 0.231. The molecule has 0 saturated carbocycles. The molecule has 6 nitrogen and oxygen atoms in total. The molecule has 31 heavy (non-hydrogen) atoms. The van der Waals surface area contributed by atoms with Crippen LogP contribution in [0.15, 0.2) is 30.5 Å². The molecule has 1 aromatic carbocycles. The normalized spacial score (nSPS) is 20.7. The third-order valence-corrected chi connectivity index (χ3v) is 7.83. The molecule has 2 saturated heterocycles. The van der Waals surface area contributed by atoms with Crippen molar-refractivity contribution >= 4 is 42.3 Å². The van der Waals surface area contributed by atoms with E-state index in [1.807, 2.05) is 6.07 Å². The Morgan fingerprint density at radius 1 is 1.19 bits per heavy atom. The number of halogens is 1. The predicted octanol–water partition coefficient (Wildman–Crippen LogP) is 4.12. The van der Waals surface area contributed by atoms with Crippen LogP contribution in [0, 0.1) is 5.92 Å². The highest BCUT2D eigenvalue weighted by Crippen LogP contribution is 2.31. The first-order chi connectivity index (χ1) is 15.1. The molecule has 2 aliphatic heterocycles. The van der Waals surface area contributed by atoms with Gasteiger partial charge in [0.25, 0.3) is 0 Å². The maximum Gasteiger partial charge on any atom is 0.224 e. The van der Waals surface area contributed by atoms with Gasteiger partial charge in [-0.2, -0.15) is 4.98 Å². The van der Waals surface area contributed by atoms with Gasteiger partial charge in [0, 0.05) is 24.8 Å². The summed E-state index contributed by atoms with van der Waals surface area (Å²) in [5, 5.41) is 12.3. The molecule has 8 heteroatoms. The van der Waals surface area contributed by atoms with Crippen LogP contribution in [-0.2, 0) is 0 Å². The van der Waals surface area contributed by atoms with E-state index in [9.17, 15) is 0 Å². The van der Waals surface area contributed by atoms with Gasteiger partial charge in [-0.15, -0.1) is 0 Å². The fourth-order valence-electron chi connectivity index (χ4n) is 4.57. The zero-order valence-electron chi connectivity index (χ0n) is 18.6. The Balaban J connectivity index is 1.40.